The Kier molecular flexibility index (Phi) is 10.9. The van der Waals surface area contributed by atoms with Crippen LogP contribution in [0.1, 0.15) is 45.6 Å². The number of benzene rings is 2. The molecule has 1 heterocycles. The maximum Gasteiger partial charge on any atom is 0.242 e. The zero-order valence-electron chi connectivity index (χ0n) is 23.0. The monoisotopic (exact) mass is 579 g/mol. The number of nitrogens with zero attached hydrogens (tertiary/aromatic N) is 2. The van der Waals surface area contributed by atoms with Crippen molar-refractivity contribution in [1.29, 1.82) is 0 Å². The van der Waals surface area contributed by atoms with E-state index in [1.165, 1.54) is 4.31 Å². The van der Waals surface area contributed by atoms with Crippen molar-refractivity contribution >= 4 is 39.1 Å². The maximum atomic E-state index is 13.5. The van der Waals surface area contributed by atoms with Crippen molar-refractivity contribution in [3.8, 4) is 11.5 Å². The molecule has 1 unspecified atom stereocenters. The number of anilines is 1. The van der Waals surface area contributed by atoms with Crippen LogP contribution >= 0.6 is 11.6 Å². The standard InChI is InChI=1S/C28H38ClN3O6S/c1-5-24(28(34)30-18-20(2)3)31(19-21-8-10-22(29)11-9-21)27(33)7-6-14-32(39(4,35)36)23-12-13-25-26(17-23)38-16-15-37-25/h8-13,17,20,24H,5-7,14-16,18-19H2,1-4H3,(H,30,34). The lowest BCUT2D eigenvalue weighted by Gasteiger charge is -2.31. The van der Waals surface area contributed by atoms with Crippen molar-refractivity contribution in [1.82, 2.24) is 10.2 Å². The Hall–Kier alpha value is -2.98. The highest BCUT2D eigenvalue weighted by atomic mass is 35.5. The first kappa shape index (κ1) is 30.6. The van der Waals surface area contributed by atoms with E-state index in [2.05, 4.69) is 5.32 Å². The van der Waals surface area contributed by atoms with Crippen molar-refractivity contribution in [3.05, 3.63) is 53.1 Å². The minimum atomic E-state index is -3.63. The molecule has 2 aromatic rings. The minimum absolute atomic E-state index is 0.0676. The predicted octanol–water partition coefficient (Wildman–Crippen LogP) is 4.24. The van der Waals surface area contributed by atoms with E-state index in [1.807, 2.05) is 32.9 Å². The van der Waals surface area contributed by atoms with Crippen LogP contribution in [0.15, 0.2) is 42.5 Å². The second-order valence-corrected chi connectivity index (χ2v) is 12.3. The molecule has 0 bridgehead atoms. The van der Waals surface area contributed by atoms with Crippen LogP contribution in [0.4, 0.5) is 5.69 Å². The highest BCUT2D eigenvalue weighted by Crippen LogP contribution is 2.34. The molecule has 0 spiro atoms. The van der Waals surface area contributed by atoms with E-state index in [4.69, 9.17) is 21.1 Å². The minimum Gasteiger partial charge on any atom is -0.486 e. The van der Waals surface area contributed by atoms with Gasteiger partial charge in [0.1, 0.15) is 19.3 Å². The number of amides is 2. The molecule has 0 saturated carbocycles. The smallest absolute Gasteiger partial charge is 0.242 e. The summed E-state index contributed by atoms with van der Waals surface area (Å²) >= 11 is 6.03. The lowest BCUT2D eigenvalue weighted by molar-refractivity contribution is -0.141. The second-order valence-electron chi connectivity index (χ2n) is 9.98. The first-order valence-electron chi connectivity index (χ1n) is 13.2. The zero-order chi connectivity index (χ0) is 28.6. The molecule has 0 radical (unpaired) electrons. The van der Waals surface area contributed by atoms with Gasteiger partial charge in [0.25, 0.3) is 0 Å². The van der Waals surface area contributed by atoms with Gasteiger partial charge in [-0.1, -0.05) is 44.5 Å². The first-order valence-corrected chi connectivity index (χ1v) is 15.4. The summed E-state index contributed by atoms with van der Waals surface area (Å²) < 4.78 is 37.7. The molecule has 0 aromatic heterocycles. The molecular formula is C28H38ClN3O6S. The van der Waals surface area contributed by atoms with E-state index < -0.39 is 16.1 Å². The van der Waals surface area contributed by atoms with E-state index in [0.717, 1.165) is 11.8 Å². The summed E-state index contributed by atoms with van der Waals surface area (Å²) in [6, 6.07) is 11.5. The summed E-state index contributed by atoms with van der Waals surface area (Å²) in [5, 5.41) is 3.52. The van der Waals surface area contributed by atoms with Gasteiger partial charge in [0.05, 0.1) is 11.9 Å². The Morgan fingerprint density at radius 3 is 2.33 bits per heavy atom. The van der Waals surface area contributed by atoms with Gasteiger partial charge in [0.2, 0.25) is 21.8 Å². The number of carbonyl (C=O) groups excluding carboxylic acids is 2. The molecule has 9 nitrogen and oxygen atoms in total. The van der Waals surface area contributed by atoms with E-state index in [9.17, 15) is 18.0 Å². The van der Waals surface area contributed by atoms with Crippen LogP contribution in [-0.4, -0.2) is 63.7 Å². The number of hydrogen-bond acceptors (Lipinski definition) is 6. The van der Waals surface area contributed by atoms with E-state index in [0.29, 0.717) is 48.4 Å². The van der Waals surface area contributed by atoms with Crippen molar-refractivity contribution in [2.24, 2.45) is 5.92 Å². The number of sulfonamides is 1. The van der Waals surface area contributed by atoms with Crippen molar-refractivity contribution < 1.29 is 27.5 Å². The fourth-order valence-electron chi connectivity index (χ4n) is 4.32. The molecule has 0 fully saturated rings. The average Bonchev–Trinajstić information content (AvgIpc) is 2.89. The SMILES string of the molecule is CCC(C(=O)NCC(C)C)N(Cc1ccc(Cl)cc1)C(=O)CCCN(c1ccc2c(c1)OCCO2)S(C)(=O)=O. The number of nitrogens with one attached hydrogen (secondary N) is 1. The molecule has 0 aliphatic carbocycles. The molecule has 1 N–H and O–H groups in total. The topological polar surface area (TPSA) is 105 Å². The molecular weight excluding hydrogens is 542 g/mol. The summed E-state index contributed by atoms with van der Waals surface area (Å²) in [7, 11) is -3.63. The number of halogens is 1. The number of fused-ring (bicyclic) bond motifs is 1. The summed E-state index contributed by atoms with van der Waals surface area (Å²) in [5.74, 6) is 0.882. The van der Waals surface area contributed by atoms with Crippen molar-refractivity contribution in [2.45, 2.75) is 52.6 Å². The summed E-state index contributed by atoms with van der Waals surface area (Å²) in [5.41, 5.74) is 1.28. The zero-order valence-corrected chi connectivity index (χ0v) is 24.6. The molecule has 3 rings (SSSR count). The van der Waals surface area contributed by atoms with Gasteiger partial charge in [-0.3, -0.25) is 13.9 Å². The molecule has 2 amide bonds. The lowest BCUT2D eigenvalue weighted by atomic mass is 10.1. The van der Waals surface area contributed by atoms with Crippen molar-refractivity contribution in [2.75, 3.05) is 36.9 Å². The summed E-state index contributed by atoms with van der Waals surface area (Å²) in [6.45, 7) is 7.55. The van der Waals surface area contributed by atoms with Crippen LogP contribution in [0.5, 0.6) is 11.5 Å². The third kappa shape index (κ3) is 8.76. The summed E-state index contributed by atoms with van der Waals surface area (Å²) in [4.78, 5) is 28.2. The van der Waals surface area contributed by atoms with E-state index in [-0.39, 0.29) is 43.7 Å². The first-order chi connectivity index (χ1) is 18.5. The maximum absolute atomic E-state index is 13.5. The van der Waals surface area contributed by atoms with Crippen LogP contribution in [0.3, 0.4) is 0 Å². The number of hydrogen-bond donors (Lipinski definition) is 1. The third-order valence-electron chi connectivity index (χ3n) is 6.30. The van der Waals surface area contributed by atoms with Gasteiger partial charge in [-0.05, 0) is 48.6 Å². The Morgan fingerprint density at radius 1 is 1.05 bits per heavy atom. The third-order valence-corrected chi connectivity index (χ3v) is 7.75. The quantitative estimate of drug-likeness (QED) is 0.381. The fourth-order valence-corrected chi connectivity index (χ4v) is 5.40. The van der Waals surface area contributed by atoms with E-state index in [1.54, 1.807) is 35.2 Å². The molecule has 11 heteroatoms. The van der Waals surface area contributed by atoms with Gasteiger partial charge in [0, 0.05) is 37.1 Å². The lowest BCUT2D eigenvalue weighted by Crippen LogP contribution is -2.49. The Morgan fingerprint density at radius 2 is 1.72 bits per heavy atom. The van der Waals surface area contributed by atoms with E-state index >= 15 is 0 Å². The largest absolute Gasteiger partial charge is 0.486 e. The molecule has 214 valence electrons. The highest BCUT2D eigenvalue weighted by Gasteiger charge is 2.29. The number of carbonyl (C=O) groups is 2. The second kappa shape index (κ2) is 13.9. The van der Waals surface area contributed by atoms with Crippen LogP contribution in [-0.2, 0) is 26.2 Å². The molecule has 0 saturated heterocycles. The molecule has 1 atom stereocenters. The molecule has 39 heavy (non-hydrogen) atoms. The molecule has 1 aliphatic heterocycles. The van der Waals surface area contributed by atoms with Crippen LogP contribution < -0.4 is 19.1 Å². The van der Waals surface area contributed by atoms with Crippen LogP contribution in [0.25, 0.3) is 0 Å². The average molecular weight is 580 g/mol. The van der Waals surface area contributed by atoms with Gasteiger partial charge >= 0.3 is 0 Å². The number of ether oxygens (including phenoxy) is 2. The molecule has 2 aromatic carbocycles. The van der Waals surface area contributed by atoms with Crippen LogP contribution in [0, 0.1) is 5.92 Å². The number of rotatable bonds is 13. The Bertz CT molecular complexity index is 1240. The van der Waals surface area contributed by atoms with Gasteiger partial charge in [-0.25, -0.2) is 8.42 Å². The summed E-state index contributed by atoms with van der Waals surface area (Å²) in [6.07, 6.45) is 1.90. The Balaban J connectivity index is 1.75. The van der Waals surface area contributed by atoms with Gasteiger partial charge in [-0.15, -0.1) is 0 Å². The molecule has 1 aliphatic rings. The van der Waals surface area contributed by atoms with Gasteiger partial charge < -0.3 is 19.7 Å². The predicted molar refractivity (Wildman–Crippen MR) is 153 cm³/mol. The van der Waals surface area contributed by atoms with Gasteiger partial charge in [-0.2, -0.15) is 0 Å². The van der Waals surface area contributed by atoms with Crippen LogP contribution in [0.2, 0.25) is 5.02 Å². The fraction of sp³-hybridized carbons (Fsp3) is 0.500. The normalized spacial score (nSPS) is 13.6. The van der Waals surface area contributed by atoms with Crippen molar-refractivity contribution in [3.63, 3.8) is 0 Å². The highest BCUT2D eigenvalue weighted by molar-refractivity contribution is 7.92. The Labute approximate surface area is 236 Å². The van der Waals surface area contributed by atoms with Gasteiger partial charge in [0.15, 0.2) is 11.5 Å².